The molecule has 1 heterocycles. The first-order valence-electron chi connectivity index (χ1n) is 7.48. The number of nitrogens with zero attached hydrogens (tertiary/aromatic N) is 5. The van der Waals surface area contributed by atoms with Crippen molar-refractivity contribution < 1.29 is 54.7 Å². The van der Waals surface area contributed by atoms with E-state index in [9.17, 15) is 10.4 Å². The molecule has 0 spiro atoms. The van der Waals surface area contributed by atoms with E-state index in [-0.39, 0.29) is 67.1 Å². The second kappa shape index (κ2) is 25.2. The maximum Gasteiger partial charge on any atom is 3.00 e. The van der Waals surface area contributed by atoms with Crippen molar-refractivity contribution in [1.82, 2.24) is 4.98 Å². The van der Waals surface area contributed by atoms with E-state index in [2.05, 4.69) is 44.7 Å². The van der Waals surface area contributed by atoms with Crippen molar-refractivity contribution in [2.75, 3.05) is 0 Å². The molecule has 12 heteroatoms. The molecule has 0 saturated carbocycles. The van der Waals surface area contributed by atoms with Crippen molar-refractivity contribution in [1.29, 1.82) is 0 Å². The number of aromatic nitrogens is 1. The van der Waals surface area contributed by atoms with Gasteiger partial charge in [-0.25, -0.2) is 0 Å². The fourth-order valence-electron chi connectivity index (χ4n) is 1.11. The summed E-state index contributed by atoms with van der Waals surface area (Å²) in [5, 5.41) is 45.8. The summed E-state index contributed by atoms with van der Waals surface area (Å²) in [7, 11) is 0. The molecule has 0 saturated heterocycles. The Labute approximate surface area is 190 Å². The van der Waals surface area contributed by atoms with Gasteiger partial charge in [-0.1, -0.05) is 23.7 Å². The van der Waals surface area contributed by atoms with Crippen LogP contribution in [-0.2, 0) is 25.9 Å². The molecule has 162 valence electrons. The van der Waals surface area contributed by atoms with Crippen molar-refractivity contribution >= 4 is 22.8 Å². The van der Waals surface area contributed by atoms with Crippen LogP contribution >= 0.6 is 0 Å². The summed E-state index contributed by atoms with van der Waals surface area (Å²) < 4.78 is 0. The molecule has 0 fully saturated rings. The summed E-state index contributed by atoms with van der Waals surface area (Å²) in [6.07, 6.45) is 6.06. The fourth-order valence-corrected chi connectivity index (χ4v) is 1.11. The van der Waals surface area contributed by atoms with Gasteiger partial charge in [0.2, 0.25) is 0 Å². The van der Waals surface area contributed by atoms with E-state index in [1.807, 2.05) is 12.4 Å². The molecule has 0 aliphatic heterocycles. The molecule has 1 aromatic heterocycles. The molecule has 2 N–H and O–H groups in total. The van der Waals surface area contributed by atoms with Gasteiger partial charge in [0.15, 0.2) is 0 Å². The quantitative estimate of drug-likeness (QED) is 0.195. The van der Waals surface area contributed by atoms with Gasteiger partial charge >= 0.3 is 19.5 Å². The average Bonchev–Trinajstić information content (AvgIpc) is 2.67. The standard InChI is InChI=1S/C8H11N.2C4H8N2O2.2ClH.Rh/c1-2-3-8-4-6-9-7-5-8;2*1-3(5-7)4(2)6-8;;;/h4-7H,2-3H2,1H3;2*7-8H,1-2H3;2*1H;/q;;;;;+3/p-4/b;2*5-3+,6-4+;;;. The van der Waals surface area contributed by atoms with Crippen LogP contribution < -0.4 is 24.8 Å². The Bertz CT molecular complexity index is 536. The van der Waals surface area contributed by atoms with Gasteiger partial charge in [0.25, 0.3) is 0 Å². The summed E-state index contributed by atoms with van der Waals surface area (Å²) in [5.41, 5.74) is 2.28. The van der Waals surface area contributed by atoms with Gasteiger partial charge in [0.1, 0.15) is 0 Å². The van der Waals surface area contributed by atoms with Crippen LogP contribution in [0.1, 0.15) is 46.6 Å². The molecule has 0 unspecified atom stereocenters. The van der Waals surface area contributed by atoms with Gasteiger partial charge in [-0.3, -0.25) is 4.98 Å². The monoisotopic (exact) mass is 524 g/mol. The van der Waals surface area contributed by atoms with E-state index < -0.39 is 0 Å². The Kier molecular flexibility index (Phi) is 33.4. The van der Waals surface area contributed by atoms with Crippen LogP contribution in [0.25, 0.3) is 0 Å². The van der Waals surface area contributed by atoms with Gasteiger partial charge in [-0.15, -0.1) is 0 Å². The first-order chi connectivity index (χ1) is 11.9. The summed E-state index contributed by atoms with van der Waals surface area (Å²) in [6, 6.07) is 4.12. The molecule has 1 rings (SSSR count). The van der Waals surface area contributed by atoms with E-state index in [0.29, 0.717) is 0 Å². The predicted molar refractivity (Wildman–Crippen MR) is 101 cm³/mol. The molecule has 0 atom stereocenters. The predicted octanol–water partition coefficient (Wildman–Crippen LogP) is -2.37. The first-order valence-corrected chi connectivity index (χ1v) is 7.48. The van der Waals surface area contributed by atoms with Gasteiger partial charge < -0.3 is 56.0 Å². The zero-order valence-electron chi connectivity index (χ0n) is 16.3. The Morgan fingerprint density at radius 2 is 1.21 bits per heavy atom. The Hall–Kier alpha value is -1.77. The van der Waals surface area contributed by atoms with Crippen molar-refractivity contribution in [3.63, 3.8) is 0 Å². The third-order valence-corrected chi connectivity index (χ3v) is 2.91. The van der Waals surface area contributed by atoms with Gasteiger partial charge in [0.05, 0.1) is 22.8 Å². The van der Waals surface area contributed by atoms with Gasteiger partial charge in [-0.2, -0.15) is 0 Å². The minimum atomic E-state index is 0. The largest absolute Gasteiger partial charge is 3.00 e. The second-order valence-corrected chi connectivity index (χ2v) is 4.83. The molecule has 0 aliphatic rings. The number of rotatable bonds is 4. The summed E-state index contributed by atoms with van der Waals surface area (Å²) in [4.78, 5) is 3.93. The van der Waals surface area contributed by atoms with E-state index in [4.69, 9.17) is 10.4 Å². The number of hydrogen-bond donors (Lipinski definition) is 2. The normalized spacial score (nSPS) is 11.2. The average molecular weight is 525 g/mol. The molecule has 0 amide bonds. The van der Waals surface area contributed by atoms with Crippen LogP contribution in [0.5, 0.6) is 0 Å². The third-order valence-electron chi connectivity index (χ3n) is 2.91. The maximum atomic E-state index is 9.63. The minimum Gasteiger partial charge on any atom is -1.00 e. The second-order valence-electron chi connectivity index (χ2n) is 4.83. The van der Waals surface area contributed by atoms with Crippen LogP contribution in [0.2, 0.25) is 0 Å². The zero-order chi connectivity index (χ0) is 19.7. The number of halogens is 2. The SMILES string of the molecule is CC(=N\[O-])/C(C)=N/O.CC(=N\[O-])/C(C)=N/O.CCCc1ccncc1.[Cl-].[Cl-].[Rh+3]. The van der Waals surface area contributed by atoms with Gasteiger partial charge in [-0.05, 0) is 51.8 Å². The topological polar surface area (TPSA) is 149 Å². The first kappa shape index (κ1) is 37.0. The Balaban J connectivity index is -0.0000000900. The Morgan fingerprint density at radius 3 is 1.43 bits per heavy atom. The van der Waals surface area contributed by atoms with Crippen LogP contribution in [0.4, 0.5) is 0 Å². The van der Waals surface area contributed by atoms with E-state index in [0.717, 1.165) is 0 Å². The summed E-state index contributed by atoms with van der Waals surface area (Å²) in [5.74, 6) is 0. The molecular weight excluding hydrogens is 500 g/mol. The van der Waals surface area contributed by atoms with Gasteiger partial charge in [0, 0.05) is 12.4 Å². The zero-order valence-corrected chi connectivity index (χ0v) is 19.4. The molecule has 9 nitrogen and oxygen atoms in total. The molecule has 0 bridgehead atoms. The minimum absolute atomic E-state index is 0. The third kappa shape index (κ3) is 20.5. The molecular formula is C16H25Cl2N5O4Rh-. The van der Waals surface area contributed by atoms with Crippen LogP contribution in [0.15, 0.2) is 45.1 Å². The van der Waals surface area contributed by atoms with E-state index in [1.165, 1.54) is 46.1 Å². The van der Waals surface area contributed by atoms with E-state index >= 15 is 0 Å². The van der Waals surface area contributed by atoms with Crippen LogP contribution in [0, 0.1) is 10.4 Å². The smallest absolute Gasteiger partial charge is 1.00 e. The van der Waals surface area contributed by atoms with Crippen molar-refractivity contribution in [2.45, 2.75) is 47.5 Å². The molecule has 28 heavy (non-hydrogen) atoms. The van der Waals surface area contributed by atoms with Crippen LogP contribution in [0.3, 0.4) is 0 Å². The van der Waals surface area contributed by atoms with E-state index in [1.54, 1.807) is 0 Å². The van der Waals surface area contributed by atoms with Crippen molar-refractivity contribution in [3.8, 4) is 0 Å². The number of pyridine rings is 1. The van der Waals surface area contributed by atoms with Crippen LogP contribution in [-0.4, -0.2) is 38.2 Å². The molecule has 1 aromatic rings. The molecule has 0 radical (unpaired) electrons. The maximum absolute atomic E-state index is 9.63. The summed E-state index contributed by atoms with van der Waals surface area (Å²) in [6.45, 7) is 8.12. The van der Waals surface area contributed by atoms with Crippen molar-refractivity contribution in [2.24, 2.45) is 20.6 Å². The summed E-state index contributed by atoms with van der Waals surface area (Å²) >= 11 is 0. The number of oxime groups is 2. The fraction of sp³-hybridized carbons (Fsp3) is 0.438. The molecule has 0 aliphatic carbocycles. The molecule has 0 aromatic carbocycles. The number of aryl methyl sites for hydroxylation is 1. The van der Waals surface area contributed by atoms with Crippen molar-refractivity contribution in [3.05, 3.63) is 40.5 Å². The number of hydrogen-bond acceptors (Lipinski definition) is 9. The Morgan fingerprint density at radius 1 is 0.857 bits per heavy atom.